The van der Waals surface area contributed by atoms with E-state index in [1.54, 1.807) is 24.4 Å². The topological polar surface area (TPSA) is 94.3 Å². The minimum Gasteiger partial charge on any atom is -0.451 e. The Hall–Kier alpha value is -3.00. The van der Waals surface area contributed by atoms with E-state index in [1.165, 1.54) is 11.3 Å². The largest absolute Gasteiger partial charge is 0.451 e. The van der Waals surface area contributed by atoms with E-state index in [2.05, 4.69) is 15.5 Å². The highest BCUT2D eigenvalue weighted by molar-refractivity contribution is 7.12. The van der Waals surface area contributed by atoms with Gasteiger partial charge in [-0.1, -0.05) is 24.3 Å². The molecule has 25 heavy (non-hydrogen) atoms. The molecule has 0 bridgehead atoms. The first kappa shape index (κ1) is 16.8. The van der Waals surface area contributed by atoms with Crippen LogP contribution < -0.4 is 5.32 Å². The molecule has 0 saturated carbocycles. The zero-order valence-electron chi connectivity index (χ0n) is 13.3. The molecule has 0 aliphatic rings. The summed E-state index contributed by atoms with van der Waals surface area (Å²) in [4.78, 5) is 24.2. The van der Waals surface area contributed by atoms with E-state index in [-0.39, 0.29) is 18.3 Å². The smallest absolute Gasteiger partial charge is 0.326 e. The van der Waals surface area contributed by atoms with Crippen LogP contribution in [-0.2, 0) is 9.53 Å². The van der Waals surface area contributed by atoms with Crippen LogP contribution in [0, 0.1) is 0 Å². The third-order valence-electron chi connectivity index (χ3n) is 3.26. The molecule has 0 aliphatic heterocycles. The van der Waals surface area contributed by atoms with Crippen molar-refractivity contribution in [3.8, 4) is 11.5 Å². The Morgan fingerprint density at radius 3 is 2.72 bits per heavy atom. The van der Waals surface area contributed by atoms with Gasteiger partial charge in [0.2, 0.25) is 5.89 Å². The van der Waals surface area contributed by atoms with Crippen LogP contribution in [-0.4, -0.2) is 28.6 Å². The molecule has 2 aromatic heterocycles. The molecule has 0 aliphatic carbocycles. The Morgan fingerprint density at radius 1 is 1.20 bits per heavy atom. The fourth-order valence-corrected chi connectivity index (χ4v) is 2.67. The summed E-state index contributed by atoms with van der Waals surface area (Å²) in [5.74, 6) is -0.359. The number of esters is 1. The van der Waals surface area contributed by atoms with Crippen molar-refractivity contribution in [2.75, 3.05) is 6.54 Å². The molecule has 0 fully saturated rings. The second-order valence-corrected chi connectivity index (χ2v) is 6.05. The molecule has 3 rings (SSSR count). The third-order valence-corrected chi connectivity index (χ3v) is 4.12. The monoisotopic (exact) mass is 357 g/mol. The summed E-state index contributed by atoms with van der Waals surface area (Å²) in [6.45, 7) is 1.39. The normalized spacial score (nSPS) is 11.7. The molecule has 1 aromatic carbocycles. The molecule has 7 nitrogen and oxygen atoms in total. The molecule has 2 heterocycles. The maximum Gasteiger partial charge on any atom is 0.326 e. The van der Waals surface area contributed by atoms with Crippen molar-refractivity contribution in [1.82, 2.24) is 15.5 Å². The number of hydrogen-bond acceptors (Lipinski definition) is 7. The van der Waals surface area contributed by atoms with E-state index in [1.807, 2.05) is 30.3 Å². The number of carbonyl (C=O) groups is 2. The summed E-state index contributed by atoms with van der Waals surface area (Å²) in [6.07, 6.45) is -0.712. The first-order valence-corrected chi connectivity index (χ1v) is 8.41. The van der Waals surface area contributed by atoms with Gasteiger partial charge in [0, 0.05) is 5.56 Å². The Balaban J connectivity index is 1.53. The van der Waals surface area contributed by atoms with Gasteiger partial charge in [-0.15, -0.1) is 21.5 Å². The maximum absolute atomic E-state index is 11.9. The van der Waals surface area contributed by atoms with Gasteiger partial charge in [0.15, 0.2) is 6.10 Å². The van der Waals surface area contributed by atoms with E-state index in [4.69, 9.17) is 9.15 Å². The molecule has 1 amide bonds. The van der Waals surface area contributed by atoms with Crippen LogP contribution in [0.5, 0.6) is 0 Å². The summed E-state index contributed by atoms with van der Waals surface area (Å²) in [5.41, 5.74) is 0.781. The number of thiophene rings is 1. The van der Waals surface area contributed by atoms with Gasteiger partial charge in [-0.25, -0.2) is 0 Å². The van der Waals surface area contributed by atoms with E-state index in [9.17, 15) is 9.59 Å². The SMILES string of the molecule is C[C@@H](OC(=O)CNC(=O)c1cccs1)c1nnc(-c2ccccc2)o1. The van der Waals surface area contributed by atoms with Gasteiger partial charge in [0.05, 0.1) is 4.88 Å². The van der Waals surface area contributed by atoms with Crippen molar-refractivity contribution in [3.05, 3.63) is 58.6 Å². The van der Waals surface area contributed by atoms with Crippen molar-refractivity contribution >= 4 is 23.2 Å². The molecule has 3 aromatic rings. The van der Waals surface area contributed by atoms with E-state index in [0.29, 0.717) is 10.8 Å². The number of amides is 1. The van der Waals surface area contributed by atoms with E-state index < -0.39 is 12.1 Å². The Labute approximate surface area is 147 Å². The molecule has 1 N–H and O–H groups in total. The summed E-state index contributed by atoms with van der Waals surface area (Å²) in [7, 11) is 0. The summed E-state index contributed by atoms with van der Waals surface area (Å²) in [5, 5.41) is 12.1. The van der Waals surface area contributed by atoms with Crippen LogP contribution in [0.25, 0.3) is 11.5 Å². The number of aromatic nitrogens is 2. The number of benzene rings is 1. The highest BCUT2D eigenvalue weighted by Gasteiger charge is 2.19. The predicted molar refractivity (Wildman–Crippen MR) is 90.9 cm³/mol. The number of nitrogens with zero attached hydrogens (tertiary/aromatic N) is 2. The van der Waals surface area contributed by atoms with Crippen LogP contribution in [0.3, 0.4) is 0 Å². The highest BCUT2D eigenvalue weighted by Crippen LogP contribution is 2.21. The van der Waals surface area contributed by atoms with Crippen LogP contribution in [0.15, 0.2) is 52.3 Å². The third kappa shape index (κ3) is 4.30. The zero-order valence-corrected chi connectivity index (χ0v) is 14.2. The predicted octanol–water partition coefficient (Wildman–Crippen LogP) is 2.83. The molecule has 0 spiro atoms. The molecule has 0 unspecified atom stereocenters. The average molecular weight is 357 g/mol. The Bertz CT molecular complexity index is 846. The fourth-order valence-electron chi connectivity index (χ4n) is 2.03. The van der Waals surface area contributed by atoms with Crippen LogP contribution in [0.4, 0.5) is 0 Å². The lowest BCUT2D eigenvalue weighted by molar-refractivity contribution is -0.148. The van der Waals surface area contributed by atoms with Gasteiger partial charge in [0.1, 0.15) is 6.54 Å². The summed E-state index contributed by atoms with van der Waals surface area (Å²) < 4.78 is 10.7. The summed E-state index contributed by atoms with van der Waals surface area (Å²) in [6, 6.07) is 12.7. The quantitative estimate of drug-likeness (QED) is 0.682. The minimum absolute atomic E-state index is 0.191. The minimum atomic E-state index is -0.712. The van der Waals surface area contributed by atoms with E-state index >= 15 is 0 Å². The lowest BCUT2D eigenvalue weighted by Gasteiger charge is -2.09. The average Bonchev–Trinajstić information content (AvgIpc) is 3.32. The fraction of sp³-hybridized carbons (Fsp3) is 0.176. The Kier molecular flexibility index (Phi) is 5.20. The first-order valence-electron chi connectivity index (χ1n) is 7.53. The van der Waals surface area contributed by atoms with Crippen LogP contribution >= 0.6 is 11.3 Å². The van der Waals surface area contributed by atoms with Crippen molar-refractivity contribution in [1.29, 1.82) is 0 Å². The molecule has 8 heteroatoms. The zero-order chi connectivity index (χ0) is 17.6. The second kappa shape index (κ2) is 7.71. The standard InChI is InChI=1S/C17H15N3O4S/c1-11(16-19-20-17(24-16)12-6-3-2-4-7-12)23-14(21)10-18-15(22)13-8-5-9-25-13/h2-9,11H,10H2,1H3,(H,18,22)/t11-/m1/s1. The number of ether oxygens (including phenoxy) is 1. The molecule has 1 atom stereocenters. The Morgan fingerprint density at radius 2 is 2.00 bits per heavy atom. The highest BCUT2D eigenvalue weighted by atomic mass is 32.1. The van der Waals surface area contributed by atoms with Crippen molar-refractivity contribution in [3.63, 3.8) is 0 Å². The summed E-state index contributed by atoms with van der Waals surface area (Å²) >= 11 is 1.30. The molecule has 0 radical (unpaired) electrons. The van der Waals surface area contributed by atoms with Gasteiger partial charge in [0.25, 0.3) is 11.8 Å². The first-order chi connectivity index (χ1) is 12.1. The van der Waals surface area contributed by atoms with Crippen LogP contribution in [0.2, 0.25) is 0 Å². The van der Waals surface area contributed by atoms with Gasteiger partial charge < -0.3 is 14.5 Å². The van der Waals surface area contributed by atoms with Crippen molar-refractivity contribution < 1.29 is 18.7 Å². The number of carbonyl (C=O) groups excluding carboxylic acids is 2. The lowest BCUT2D eigenvalue weighted by Crippen LogP contribution is -2.30. The van der Waals surface area contributed by atoms with Crippen molar-refractivity contribution in [2.45, 2.75) is 13.0 Å². The lowest BCUT2D eigenvalue weighted by atomic mass is 10.2. The molecule has 0 saturated heterocycles. The van der Waals surface area contributed by atoms with Gasteiger partial charge in [-0.05, 0) is 30.5 Å². The second-order valence-electron chi connectivity index (χ2n) is 5.10. The number of nitrogens with one attached hydrogen (secondary N) is 1. The molecular weight excluding hydrogens is 342 g/mol. The van der Waals surface area contributed by atoms with Crippen molar-refractivity contribution in [2.24, 2.45) is 0 Å². The maximum atomic E-state index is 11.9. The number of rotatable bonds is 6. The van der Waals surface area contributed by atoms with Crippen LogP contribution in [0.1, 0.15) is 28.6 Å². The van der Waals surface area contributed by atoms with Gasteiger partial charge >= 0.3 is 5.97 Å². The number of hydrogen-bond donors (Lipinski definition) is 1. The molecular formula is C17H15N3O4S. The van der Waals surface area contributed by atoms with E-state index in [0.717, 1.165) is 5.56 Å². The van der Waals surface area contributed by atoms with Gasteiger partial charge in [-0.2, -0.15) is 0 Å². The molecule has 128 valence electrons. The van der Waals surface area contributed by atoms with Gasteiger partial charge in [-0.3, -0.25) is 9.59 Å².